The van der Waals surface area contributed by atoms with Crippen LogP contribution in [0, 0.1) is 0 Å². The minimum atomic E-state index is 0. The van der Waals surface area contributed by atoms with Gasteiger partial charge in [-0.15, -0.1) is 0 Å². The molecule has 0 heterocycles. The standard InChI is InChI=1S/Ga.3Sn. The third-order valence-corrected chi connectivity index (χ3v) is 0. The number of hydrogen-bond acceptors (Lipinski definition) is 0. The Balaban J connectivity index is 0. The van der Waals surface area contributed by atoms with Crippen LogP contribution >= 0.6 is 0 Å². The molecule has 0 spiro atoms. The van der Waals surface area contributed by atoms with Crippen molar-refractivity contribution in [2.45, 2.75) is 0 Å². The Morgan fingerprint density at radius 2 is 0.500 bits per heavy atom. The first-order chi connectivity index (χ1) is 0. The molecular weight excluding hydrogens is 426 g/mol. The fraction of sp³-hybridized carbons (Fsp3) is 0. The van der Waals surface area contributed by atoms with E-state index in [-0.39, 0.29) is 91.5 Å². The van der Waals surface area contributed by atoms with Gasteiger partial charge in [0.25, 0.3) is 0 Å². The van der Waals surface area contributed by atoms with Crippen molar-refractivity contribution in [3.8, 4) is 0 Å². The maximum atomic E-state index is 0. The molecule has 0 bridgehead atoms. The monoisotopic (exact) mass is 429 g/mol. The second kappa shape index (κ2) is 16.6. The van der Waals surface area contributed by atoms with Crippen molar-refractivity contribution < 1.29 is 0 Å². The van der Waals surface area contributed by atoms with Gasteiger partial charge in [0.2, 0.25) is 0 Å². The number of hydrogen-bond donors (Lipinski definition) is 0. The summed E-state index contributed by atoms with van der Waals surface area (Å²) in [6.45, 7) is 0. The van der Waals surface area contributed by atoms with Crippen LogP contribution in [0.1, 0.15) is 0 Å². The maximum Gasteiger partial charge on any atom is 0 e. The largest absolute Gasteiger partial charge is 0 e. The van der Waals surface area contributed by atoms with Gasteiger partial charge >= 0.3 is 0 Å². The normalized spacial score (nSPS) is 0. The SMILES string of the molecule is [Ga].[Sn].[Sn].[Sn]. The summed E-state index contributed by atoms with van der Waals surface area (Å²) in [5, 5.41) is 0. The van der Waals surface area contributed by atoms with Crippen LogP contribution in [0.25, 0.3) is 0 Å². The summed E-state index contributed by atoms with van der Waals surface area (Å²) >= 11 is 0. The quantitative estimate of drug-likeness (QED) is 0.414. The van der Waals surface area contributed by atoms with Gasteiger partial charge in [0.15, 0.2) is 0 Å². The molecule has 0 nitrogen and oxygen atoms in total. The van der Waals surface area contributed by atoms with Gasteiger partial charge in [-0.05, 0) is 0 Å². The molecule has 0 aromatic carbocycles. The summed E-state index contributed by atoms with van der Waals surface area (Å²) in [5.41, 5.74) is 0. The molecule has 4 heavy (non-hydrogen) atoms. The molecule has 0 aromatic heterocycles. The smallest absolute Gasteiger partial charge is 0 e. The van der Waals surface area contributed by atoms with Crippen molar-refractivity contribution in [1.29, 1.82) is 0 Å². The first-order valence-electron chi connectivity index (χ1n) is 0. The molecule has 0 atom stereocenters. The van der Waals surface area contributed by atoms with Crippen LogP contribution < -0.4 is 0 Å². The van der Waals surface area contributed by atoms with Gasteiger partial charge in [0.1, 0.15) is 0 Å². The maximum absolute atomic E-state index is 0. The molecule has 0 rings (SSSR count). The van der Waals surface area contributed by atoms with E-state index in [2.05, 4.69) is 0 Å². The van der Waals surface area contributed by atoms with Crippen LogP contribution in [-0.4, -0.2) is 91.5 Å². The topological polar surface area (TPSA) is 0 Å². The van der Waals surface area contributed by atoms with Crippen LogP contribution in [0.4, 0.5) is 0 Å². The molecule has 0 fully saturated rings. The Hall–Kier alpha value is 3.03. The summed E-state index contributed by atoms with van der Waals surface area (Å²) in [5.74, 6) is 0. The van der Waals surface area contributed by atoms with Crippen molar-refractivity contribution in [1.82, 2.24) is 0 Å². The Kier molecular flexibility index (Phi) is 116. The Labute approximate surface area is 89.8 Å². The first-order valence-corrected chi connectivity index (χ1v) is 0. The van der Waals surface area contributed by atoms with E-state index in [4.69, 9.17) is 0 Å². The Bertz CT molecular complexity index is 3.25. The minimum absolute atomic E-state index is 0. The van der Waals surface area contributed by atoms with Gasteiger partial charge in [-0.25, -0.2) is 0 Å². The van der Waals surface area contributed by atoms with Crippen molar-refractivity contribution in [2.75, 3.05) is 0 Å². The summed E-state index contributed by atoms with van der Waals surface area (Å²) in [4.78, 5) is 0. The van der Waals surface area contributed by atoms with Crippen LogP contribution in [0.15, 0.2) is 0 Å². The Morgan fingerprint density at radius 3 is 0.500 bits per heavy atom. The molecular formula is GaSn3. The van der Waals surface area contributed by atoms with E-state index in [1.165, 1.54) is 0 Å². The van der Waals surface area contributed by atoms with E-state index in [9.17, 15) is 0 Å². The minimum Gasteiger partial charge on any atom is 0 e. The molecule has 0 amide bonds. The zero-order chi connectivity index (χ0) is 0. The first kappa shape index (κ1) is 27.8. The molecule has 0 saturated carbocycles. The molecule has 15 radical (unpaired) electrons. The third kappa shape index (κ3) is 8.90. The summed E-state index contributed by atoms with van der Waals surface area (Å²) in [6, 6.07) is 0. The molecule has 4 heteroatoms. The molecule has 0 unspecified atom stereocenters. The fourth-order valence-electron chi connectivity index (χ4n) is 0. The predicted molar refractivity (Wildman–Crippen MR) is 23.0 cm³/mol. The molecule has 0 N–H and O–H groups in total. The fourth-order valence-corrected chi connectivity index (χ4v) is 0. The van der Waals surface area contributed by atoms with E-state index >= 15 is 0 Å². The van der Waals surface area contributed by atoms with Crippen molar-refractivity contribution in [3.05, 3.63) is 0 Å². The average molecular weight is 426 g/mol. The third-order valence-electron chi connectivity index (χ3n) is 0. The second-order valence-corrected chi connectivity index (χ2v) is 0. The van der Waals surface area contributed by atoms with Crippen LogP contribution in [-0.2, 0) is 0 Å². The molecule has 0 aliphatic rings. The molecule has 0 aliphatic carbocycles. The average Bonchev–Trinajstić information content (AvgIpc) is 0. The van der Waals surface area contributed by atoms with Crippen LogP contribution in [0.5, 0.6) is 0 Å². The van der Waals surface area contributed by atoms with E-state index in [0.717, 1.165) is 0 Å². The van der Waals surface area contributed by atoms with E-state index in [1.807, 2.05) is 0 Å². The van der Waals surface area contributed by atoms with Gasteiger partial charge in [0.05, 0.1) is 0 Å². The molecule has 0 aromatic rings. The predicted octanol–water partition coefficient (Wildman–Crippen LogP) is -1.52. The van der Waals surface area contributed by atoms with Gasteiger partial charge in [0, 0.05) is 91.5 Å². The van der Waals surface area contributed by atoms with E-state index in [1.54, 1.807) is 0 Å². The molecule has 15 valence electrons. The molecule has 0 aliphatic heterocycles. The van der Waals surface area contributed by atoms with Crippen LogP contribution in [0.3, 0.4) is 0 Å². The van der Waals surface area contributed by atoms with Gasteiger partial charge in [-0.2, -0.15) is 0 Å². The zero-order valence-corrected chi connectivity index (χ0v) is 13.1. The second-order valence-electron chi connectivity index (χ2n) is 0. The summed E-state index contributed by atoms with van der Waals surface area (Å²) < 4.78 is 0. The van der Waals surface area contributed by atoms with Gasteiger partial charge in [-0.1, -0.05) is 0 Å². The van der Waals surface area contributed by atoms with Gasteiger partial charge < -0.3 is 0 Å². The number of rotatable bonds is 0. The molecule has 0 saturated heterocycles. The van der Waals surface area contributed by atoms with Gasteiger partial charge in [-0.3, -0.25) is 0 Å². The van der Waals surface area contributed by atoms with Crippen LogP contribution in [0.2, 0.25) is 0 Å². The summed E-state index contributed by atoms with van der Waals surface area (Å²) in [6.07, 6.45) is 0. The van der Waals surface area contributed by atoms with E-state index < -0.39 is 0 Å². The van der Waals surface area contributed by atoms with E-state index in [0.29, 0.717) is 0 Å². The van der Waals surface area contributed by atoms with Crippen molar-refractivity contribution >= 4 is 91.5 Å². The zero-order valence-electron chi connectivity index (χ0n) is 2.08. The van der Waals surface area contributed by atoms with Crippen molar-refractivity contribution in [3.63, 3.8) is 0 Å². The van der Waals surface area contributed by atoms with Crippen molar-refractivity contribution in [2.24, 2.45) is 0 Å². The Morgan fingerprint density at radius 1 is 0.500 bits per heavy atom. The summed E-state index contributed by atoms with van der Waals surface area (Å²) in [7, 11) is 0.